The molecule has 21 heavy (non-hydrogen) atoms. The molecule has 0 atom stereocenters. The quantitative estimate of drug-likeness (QED) is 0.799. The number of ether oxygens (including phenoxy) is 1. The normalized spacial score (nSPS) is 14.8. The average molecular weight is 290 g/mol. The van der Waals surface area contributed by atoms with Crippen LogP contribution in [0.4, 0.5) is 5.69 Å². The van der Waals surface area contributed by atoms with E-state index in [1.165, 1.54) is 6.42 Å². The summed E-state index contributed by atoms with van der Waals surface area (Å²) in [5.41, 5.74) is 0.786. The molecule has 1 fully saturated rings. The lowest BCUT2D eigenvalue weighted by Crippen LogP contribution is -2.29. The van der Waals surface area contributed by atoms with Gasteiger partial charge in [-0.25, -0.2) is 0 Å². The largest absolute Gasteiger partial charge is 0.490 e. The molecular formula is C17H26N2O2. The van der Waals surface area contributed by atoms with Crippen molar-refractivity contribution >= 4 is 11.6 Å². The number of rotatable bonds is 8. The number of hydrogen-bond donors (Lipinski definition) is 1. The first-order valence-electron chi connectivity index (χ1n) is 7.99. The summed E-state index contributed by atoms with van der Waals surface area (Å²) >= 11 is 0. The van der Waals surface area contributed by atoms with Crippen LogP contribution in [0.2, 0.25) is 0 Å². The molecule has 4 nitrogen and oxygen atoms in total. The summed E-state index contributed by atoms with van der Waals surface area (Å²) < 4.78 is 5.85. The van der Waals surface area contributed by atoms with Gasteiger partial charge in [0, 0.05) is 12.5 Å². The second-order valence-electron chi connectivity index (χ2n) is 5.49. The summed E-state index contributed by atoms with van der Waals surface area (Å²) in [5, 5.41) is 3.00. The van der Waals surface area contributed by atoms with E-state index in [0.29, 0.717) is 6.61 Å². The second kappa shape index (κ2) is 8.03. The smallest absolute Gasteiger partial charge is 0.227 e. The van der Waals surface area contributed by atoms with E-state index in [0.717, 1.165) is 43.9 Å². The third-order valence-corrected chi connectivity index (χ3v) is 4.18. The van der Waals surface area contributed by atoms with Gasteiger partial charge >= 0.3 is 0 Å². The third kappa shape index (κ3) is 4.46. The highest BCUT2D eigenvalue weighted by molar-refractivity contribution is 5.94. The van der Waals surface area contributed by atoms with Crippen molar-refractivity contribution < 1.29 is 9.53 Å². The number of likely N-dealkylation sites (N-methyl/N-ethyl adjacent to an activating group) is 1. The number of carbonyl (C=O) groups excluding carboxylic acids is 1. The fourth-order valence-electron chi connectivity index (χ4n) is 2.43. The molecule has 0 bridgehead atoms. The molecule has 0 spiro atoms. The maximum absolute atomic E-state index is 12.0. The predicted molar refractivity (Wildman–Crippen MR) is 85.7 cm³/mol. The molecule has 2 rings (SSSR count). The first-order valence-corrected chi connectivity index (χ1v) is 7.99. The third-order valence-electron chi connectivity index (χ3n) is 4.18. The van der Waals surface area contributed by atoms with Crippen molar-refractivity contribution in [1.29, 1.82) is 0 Å². The lowest BCUT2D eigenvalue weighted by Gasteiger charge is -2.24. The molecule has 1 N–H and O–H groups in total. The highest BCUT2D eigenvalue weighted by Gasteiger charge is 2.25. The van der Waals surface area contributed by atoms with Crippen molar-refractivity contribution in [3.63, 3.8) is 0 Å². The highest BCUT2D eigenvalue weighted by Crippen LogP contribution is 2.30. The minimum absolute atomic E-state index is 0.126. The van der Waals surface area contributed by atoms with E-state index in [2.05, 4.69) is 24.1 Å². The summed E-state index contributed by atoms with van der Waals surface area (Å²) in [4.78, 5) is 14.4. The van der Waals surface area contributed by atoms with Crippen LogP contribution in [0.1, 0.15) is 33.1 Å². The van der Waals surface area contributed by atoms with Gasteiger partial charge < -0.3 is 15.0 Å². The van der Waals surface area contributed by atoms with Gasteiger partial charge in [-0.1, -0.05) is 32.4 Å². The van der Waals surface area contributed by atoms with Crippen molar-refractivity contribution in [2.45, 2.75) is 33.1 Å². The molecular weight excluding hydrogens is 264 g/mol. The van der Waals surface area contributed by atoms with Gasteiger partial charge in [0.25, 0.3) is 0 Å². The van der Waals surface area contributed by atoms with E-state index in [4.69, 9.17) is 4.74 Å². The highest BCUT2D eigenvalue weighted by atomic mass is 16.5. The van der Waals surface area contributed by atoms with Gasteiger partial charge in [0.15, 0.2) is 0 Å². The Morgan fingerprint density at radius 2 is 2.00 bits per heavy atom. The van der Waals surface area contributed by atoms with Crippen LogP contribution in [0.15, 0.2) is 24.3 Å². The van der Waals surface area contributed by atoms with E-state index in [-0.39, 0.29) is 11.8 Å². The number of para-hydroxylation sites is 2. The number of carbonyl (C=O) groups is 1. The number of anilines is 1. The zero-order chi connectivity index (χ0) is 15.1. The average Bonchev–Trinajstić information content (AvgIpc) is 2.43. The second-order valence-corrected chi connectivity index (χ2v) is 5.49. The lowest BCUT2D eigenvalue weighted by molar-refractivity contribution is -0.122. The Morgan fingerprint density at radius 3 is 2.62 bits per heavy atom. The van der Waals surface area contributed by atoms with Crippen molar-refractivity contribution in [1.82, 2.24) is 4.90 Å². The molecule has 1 aliphatic rings. The minimum Gasteiger partial charge on any atom is -0.490 e. The van der Waals surface area contributed by atoms with Gasteiger partial charge in [0.05, 0.1) is 5.69 Å². The number of amides is 1. The minimum atomic E-state index is 0.126. The van der Waals surface area contributed by atoms with E-state index >= 15 is 0 Å². The molecule has 0 aliphatic heterocycles. The maximum atomic E-state index is 12.0. The van der Waals surface area contributed by atoms with Crippen LogP contribution in [0.25, 0.3) is 0 Å². The molecule has 4 heteroatoms. The molecule has 0 aromatic heterocycles. The van der Waals surface area contributed by atoms with Crippen molar-refractivity contribution in [2.75, 3.05) is 31.6 Å². The van der Waals surface area contributed by atoms with Crippen molar-refractivity contribution in [2.24, 2.45) is 5.92 Å². The molecule has 1 aliphatic carbocycles. The standard InChI is InChI=1S/C17H26N2O2/c1-3-19(4-2)12-13-21-16-11-6-5-10-15(16)18-17(20)14-8-7-9-14/h5-6,10-11,14H,3-4,7-9,12-13H2,1-2H3,(H,18,20). The number of benzene rings is 1. The van der Waals surface area contributed by atoms with Crippen molar-refractivity contribution in [3.05, 3.63) is 24.3 Å². The monoisotopic (exact) mass is 290 g/mol. The first kappa shape index (κ1) is 15.8. The summed E-state index contributed by atoms with van der Waals surface area (Å²) in [6.07, 6.45) is 3.19. The molecule has 0 unspecified atom stereocenters. The van der Waals surface area contributed by atoms with Crippen LogP contribution in [-0.4, -0.2) is 37.0 Å². The Bertz CT molecular complexity index is 454. The van der Waals surface area contributed by atoms with Crippen LogP contribution in [0, 0.1) is 5.92 Å². The molecule has 1 aromatic rings. The van der Waals surface area contributed by atoms with Gasteiger partial charge in [0.2, 0.25) is 5.91 Å². The first-order chi connectivity index (χ1) is 10.2. The number of nitrogens with one attached hydrogen (secondary N) is 1. The summed E-state index contributed by atoms with van der Waals surface area (Å²) in [6, 6.07) is 7.68. The Kier molecular flexibility index (Phi) is 6.05. The Balaban J connectivity index is 1.88. The summed E-state index contributed by atoms with van der Waals surface area (Å²) in [6.45, 7) is 7.89. The van der Waals surface area contributed by atoms with Gasteiger partial charge in [0.1, 0.15) is 12.4 Å². The van der Waals surface area contributed by atoms with Gasteiger partial charge in [-0.15, -0.1) is 0 Å². The van der Waals surface area contributed by atoms with Crippen molar-refractivity contribution in [3.8, 4) is 5.75 Å². The van der Waals surface area contributed by atoms with E-state index in [1.807, 2.05) is 24.3 Å². The van der Waals surface area contributed by atoms with Crippen LogP contribution in [0.5, 0.6) is 5.75 Å². The lowest BCUT2D eigenvalue weighted by atomic mass is 9.85. The molecule has 0 radical (unpaired) electrons. The molecule has 0 heterocycles. The number of hydrogen-bond acceptors (Lipinski definition) is 3. The van der Waals surface area contributed by atoms with Crippen LogP contribution in [-0.2, 0) is 4.79 Å². The van der Waals surface area contributed by atoms with E-state index in [9.17, 15) is 4.79 Å². The molecule has 1 aromatic carbocycles. The molecule has 116 valence electrons. The Hall–Kier alpha value is -1.55. The Morgan fingerprint density at radius 1 is 1.29 bits per heavy atom. The zero-order valence-electron chi connectivity index (χ0n) is 13.1. The predicted octanol–water partition coefficient (Wildman–Crippen LogP) is 3.15. The van der Waals surface area contributed by atoms with Gasteiger partial charge in [-0.05, 0) is 38.1 Å². The van der Waals surface area contributed by atoms with Gasteiger partial charge in [-0.3, -0.25) is 4.79 Å². The SMILES string of the molecule is CCN(CC)CCOc1ccccc1NC(=O)C1CCC1. The van der Waals surface area contributed by atoms with Crippen LogP contribution in [0.3, 0.4) is 0 Å². The van der Waals surface area contributed by atoms with E-state index in [1.54, 1.807) is 0 Å². The van der Waals surface area contributed by atoms with E-state index < -0.39 is 0 Å². The fourth-order valence-corrected chi connectivity index (χ4v) is 2.43. The summed E-state index contributed by atoms with van der Waals surface area (Å²) in [5.74, 6) is 1.08. The maximum Gasteiger partial charge on any atom is 0.227 e. The summed E-state index contributed by atoms with van der Waals surface area (Å²) in [7, 11) is 0. The zero-order valence-corrected chi connectivity index (χ0v) is 13.1. The Labute approximate surface area is 127 Å². The van der Waals surface area contributed by atoms with Crippen LogP contribution < -0.4 is 10.1 Å². The molecule has 0 saturated heterocycles. The fraction of sp³-hybridized carbons (Fsp3) is 0.588. The topological polar surface area (TPSA) is 41.6 Å². The molecule has 1 saturated carbocycles. The molecule has 1 amide bonds. The number of nitrogens with zero attached hydrogens (tertiary/aromatic N) is 1. The van der Waals surface area contributed by atoms with Gasteiger partial charge in [-0.2, -0.15) is 0 Å². The van der Waals surface area contributed by atoms with Crippen LogP contribution >= 0.6 is 0 Å².